The average molecular weight is 165 g/mol. The van der Waals surface area contributed by atoms with E-state index in [0.29, 0.717) is 0 Å². The first-order valence-electron chi connectivity index (χ1n) is 4.65. The van der Waals surface area contributed by atoms with E-state index in [1.807, 2.05) is 6.92 Å². The van der Waals surface area contributed by atoms with Crippen LogP contribution in [0.1, 0.15) is 40.5 Å². The summed E-state index contributed by atoms with van der Waals surface area (Å²) >= 11 is 0. The zero-order chi connectivity index (χ0) is 9.35. The number of hydrogen-bond donors (Lipinski definition) is 0. The molecular weight excluding hydrogens is 146 g/mol. The molecule has 0 aromatic rings. The minimum absolute atomic E-state index is 0.131. The van der Waals surface area contributed by atoms with E-state index in [1.165, 1.54) is 12.1 Å². The fourth-order valence-electron chi connectivity index (χ4n) is 1.98. The molecule has 0 saturated carbocycles. The molecule has 0 amide bonds. The van der Waals surface area contributed by atoms with Crippen LogP contribution in [0.4, 0.5) is 0 Å². The van der Waals surface area contributed by atoms with Crippen molar-refractivity contribution in [1.29, 1.82) is 0 Å². The highest BCUT2D eigenvalue weighted by Gasteiger charge is 2.26. The van der Waals surface area contributed by atoms with E-state index in [1.54, 1.807) is 0 Å². The molecule has 0 bridgehead atoms. The molecule has 12 heavy (non-hydrogen) atoms. The smallest absolute Gasteiger partial charge is 0.0558 e. The molecule has 0 aromatic heterocycles. The monoisotopic (exact) mass is 165 g/mol. The molecule has 0 saturated heterocycles. The molecule has 1 atom stereocenters. The Morgan fingerprint density at radius 1 is 1.58 bits per heavy atom. The van der Waals surface area contributed by atoms with Crippen molar-refractivity contribution in [2.75, 3.05) is 0 Å². The predicted molar refractivity (Wildman–Crippen MR) is 54.7 cm³/mol. The van der Waals surface area contributed by atoms with Gasteiger partial charge in [-0.05, 0) is 45.1 Å². The van der Waals surface area contributed by atoms with Crippen molar-refractivity contribution in [2.45, 2.75) is 46.1 Å². The summed E-state index contributed by atoms with van der Waals surface area (Å²) in [5, 5.41) is 0. The summed E-state index contributed by atoms with van der Waals surface area (Å²) in [7, 11) is 0. The Morgan fingerprint density at radius 3 is 2.58 bits per heavy atom. The molecule has 1 heteroatoms. The topological polar surface area (TPSA) is 12.4 Å². The third kappa shape index (κ3) is 2.20. The molecule has 0 N–H and O–H groups in total. The van der Waals surface area contributed by atoms with Gasteiger partial charge in [-0.2, -0.15) is 0 Å². The summed E-state index contributed by atoms with van der Waals surface area (Å²) in [5.41, 5.74) is 2.49. The Hall–Kier alpha value is -0.590. The molecule has 68 valence electrons. The quantitative estimate of drug-likeness (QED) is 0.565. The van der Waals surface area contributed by atoms with Crippen molar-refractivity contribution < 1.29 is 0 Å². The fourth-order valence-corrected chi connectivity index (χ4v) is 1.98. The van der Waals surface area contributed by atoms with Crippen molar-refractivity contribution in [3.05, 3.63) is 12.2 Å². The largest absolute Gasteiger partial charge is 0.283 e. The minimum atomic E-state index is 0.131. The van der Waals surface area contributed by atoms with Crippen LogP contribution in [0.5, 0.6) is 0 Å². The van der Waals surface area contributed by atoms with E-state index in [9.17, 15) is 0 Å². The molecule has 1 rings (SSSR count). The Kier molecular flexibility index (Phi) is 2.41. The Morgan fingerprint density at radius 2 is 2.17 bits per heavy atom. The maximum atomic E-state index is 4.68. The Balaban J connectivity index is 2.88. The van der Waals surface area contributed by atoms with Crippen LogP contribution >= 0.6 is 0 Å². The number of nitrogens with zero attached hydrogens (tertiary/aromatic N) is 1. The summed E-state index contributed by atoms with van der Waals surface area (Å²) in [5.74, 6) is 0.754. The molecule has 1 nitrogen and oxygen atoms in total. The second-order valence-electron chi connectivity index (χ2n) is 4.66. The zero-order valence-corrected chi connectivity index (χ0v) is 8.65. The summed E-state index contributed by atoms with van der Waals surface area (Å²) in [6.45, 7) is 12.7. The molecule has 1 heterocycles. The van der Waals surface area contributed by atoms with Crippen LogP contribution in [0.15, 0.2) is 17.1 Å². The van der Waals surface area contributed by atoms with Crippen molar-refractivity contribution in [3.63, 3.8) is 0 Å². The number of aliphatic imine (C=N–C) groups is 1. The molecule has 1 unspecified atom stereocenters. The van der Waals surface area contributed by atoms with E-state index < -0.39 is 0 Å². The van der Waals surface area contributed by atoms with Crippen LogP contribution < -0.4 is 0 Å². The van der Waals surface area contributed by atoms with E-state index >= 15 is 0 Å². The third-order valence-electron chi connectivity index (χ3n) is 2.32. The number of allylic oxidation sites excluding steroid dienone is 1. The maximum absolute atomic E-state index is 4.68. The van der Waals surface area contributed by atoms with Gasteiger partial charge in [0.2, 0.25) is 0 Å². The van der Waals surface area contributed by atoms with Crippen LogP contribution in [0.25, 0.3) is 0 Å². The van der Waals surface area contributed by atoms with E-state index in [0.717, 1.165) is 17.9 Å². The van der Waals surface area contributed by atoms with Crippen LogP contribution in [0.2, 0.25) is 0 Å². The van der Waals surface area contributed by atoms with Crippen LogP contribution in [0, 0.1) is 5.92 Å². The standard InChI is InChI=1S/C11H19N/c1-8(2)10-6-9(3)7-11(4,5)12-10/h9H,1,6-7H2,2-5H3. The van der Waals surface area contributed by atoms with Gasteiger partial charge in [-0.25, -0.2) is 0 Å². The molecule has 0 radical (unpaired) electrons. The molecule has 0 spiro atoms. The molecule has 1 aliphatic rings. The van der Waals surface area contributed by atoms with E-state index in [4.69, 9.17) is 0 Å². The molecule has 0 aromatic carbocycles. The van der Waals surface area contributed by atoms with Gasteiger partial charge in [0.1, 0.15) is 0 Å². The molecule has 0 fully saturated rings. The van der Waals surface area contributed by atoms with Gasteiger partial charge in [0.15, 0.2) is 0 Å². The van der Waals surface area contributed by atoms with Gasteiger partial charge in [-0.3, -0.25) is 4.99 Å². The lowest BCUT2D eigenvalue weighted by molar-refractivity contribution is 0.369. The lowest BCUT2D eigenvalue weighted by Crippen LogP contribution is -2.29. The van der Waals surface area contributed by atoms with Crippen molar-refractivity contribution in [3.8, 4) is 0 Å². The normalized spacial score (nSPS) is 28.0. The average Bonchev–Trinajstić information content (AvgIpc) is 1.82. The first-order chi connectivity index (χ1) is 5.41. The summed E-state index contributed by atoms with van der Waals surface area (Å²) in [6.07, 6.45) is 2.31. The first-order valence-corrected chi connectivity index (χ1v) is 4.65. The number of rotatable bonds is 1. The minimum Gasteiger partial charge on any atom is -0.283 e. The molecular formula is C11H19N. The van der Waals surface area contributed by atoms with Crippen molar-refractivity contribution >= 4 is 5.71 Å². The van der Waals surface area contributed by atoms with Gasteiger partial charge < -0.3 is 0 Å². The van der Waals surface area contributed by atoms with Crippen molar-refractivity contribution in [1.82, 2.24) is 0 Å². The second-order valence-corrected chi connectivity index (χ2v) is 4.66. The maximum Gasteiger partial charge on any atom is 0.0558 e. The van der Waals surface area contributed by atoms with E-state index in [2.05, 4.69) is 32.3 Å². The van der Waals surface area contributed by atoms with E-state index in [-0.39, 0.29) is 5.54 Å². The zero-order valence-electron chi connectivity index (χ0n) is 8.65. The Bertz CT molecular complexity index is 223. The fraction of sp³-hybridized carbons (Fsp3) is 0.727. The van der Waals surface area contributed by atoms with Crippen molar-refractivity contribution in [2.24, 2.45) is 10.9 Å². The highest BCUT2D eigenvalue weighted by molar-refractivity contribution is 5.99. The Labute approximate surface area is 75.6 Å². The lowest BCUT2D eigenvalue weighted by Gasteiger charge is -2.31. The van der Waals surface area contributed by atoms with Gasteiger partial charge in [0.25, 0.3) is 0 Å². The van der Waals surface area contributed by atoms with Gasteiger partial charge in [0, 0.05) is 5.71 Å². The number of hydrogen-bond acceptors (Lipinski definition) is 1. The lowest BCUT2D eigenvalue weighted by atomic mass is 9.84. The van der Waals surface area contributed by atoms with Crippen LogP contribution in [-0.2, 0) is 0 Å². The highest BCUT2D eigenvalue weighted by Crippen LogP contribution is 2.29. The SMILES string of the molecule is C=C(C)C1=NC(C)(C)CC(C)C1. The first kappa shape index (κ1) is 9.50. The van der Waals surface area contributed by atoms with Crippen LogP contribution in [-0.4, -0.2) is 11.3 Å². The molecule has 0 aliphatic carbocycles. The molecule has 1 aliphatic heterocycles. The summed E-state index contributed by atoms with van der Waals surface area (Å²) in [6, 6.07) is 0. The van der Waals surface area contributed by atoms with Crippen LogP contribution in [0.3, 0.4) is 0 Å². The highest BCUT2D eigenvalue weighted by atomic mass is 14.9. The summed E-state index contributed by atoms with van der Waals surface area (Å²) < 4.78 is 0. The second kappa shape index (κ2) is 3.04. The van der Waals surface area contributed by atoms with Gasteiger partial charge >= 0.3 is 0 Å². The predicted octanol–water partition coefficient (Wildman–Crippen LogP) is 3.21. The van der Waals surface area contributed by atoms with Gasteiger partial charge in [0.05, 0.1) is 5.54 Å². The third-order valence-corrected chi connectivity index (χ3v) is 2.32. The van der Waals surface area contributed by atoms with Gasteiger partial charge in [-0.15, -0.1) is 0 Å². The summed E-state index contributed by atoms with van der Waals surface area (Å²) in [4.78, 5) is 4.68. The van der Waals surface area contributed by atoms with Gasteiger partial charge in [-0.1, -0.05) is 13.5 Å².